The number of fused-ring (bicyclic) bond motifs is 2. The number of hydrogen-bond acceptors (Lipinski definition) is 6. The average Bonchev–Trinajstić information content (AvgIpc) is 3.37. The molecule has 0 bridgehead atoms. The highest BCUT2D eigenvalue weighted by molar-refractivity contribution is 5.89. The molecule has 0 aromatic carbocycles. The number of aromatic nitrogens is 3. The number of hydrogen-bond donors (Lipinski definition) is 1. The number of alkyl halides is 2. The van der Waals surface area contributed by atoms with Crippen molar-refractivity contribution in [2.75, 3.05) is 16.8 Å². The summed E-state index contributed by atoms with van der Waals surface area (Å²) in [6.45, 7) is 4.33. The zero-order valence-electron chi connectivity index (χ0n) is 16.3. The summed E-state index contributed by atoms with van der Waals surface area (Å²) in [7, 11) is 0. The summed E-state index contributed by atoms with van der Waals surface area (Å²) in [5, 5.41) is 11.9. The Hall–Kier alpha value is -3.15. The maximum Gasteiger partial charge on any atom is 0.303 e. The van der Waals surface area contributed by atoms with Crippen molar-refractivity contribution in [2.45, 2.75) is 50.9 Å². The summed E-state index contributed by atoms with van der Waals surface area (Å²) >= 11 is 0. The third kappa shape index (κ3) is 3.39. The van der Waals surface area contributed by atoms with Gasteiger partial charge in [-0.1, -0.05) is 0 Å². The molecule has 2 aromatic heterocycles. The molecule has 2 aromatic rings. The van der Waals surface area contributed by atoms with Gasteiger partial charge in [-0.25, -0.2) is 15.0 Å². The number of rotatable bonds is 4. The number of nitriles is 1. The molecule has 2 aliphatic rings. The second-order valence-electron chi connectivity index (χ2n) is 7.85. The van der Waals surface area contributed by atoms with E-state index in [1.165, 1.54) is 6.92 Å². The van der Waals surface area contributed by atoms with Crippen LogP contribution in [0.15, 0.2) is 18.3 Å². The monoisotopic (exact) mass is 398 g/mol. The molecule has 1 aliphatic carbocycles. The lowest BCUT2D eigenvalue weighted by molar-refractivity contribution is -0.114. The van der Waals surface area contributed by atoms with Crippen molar-refractivity contribution in [2.24, 2.45) is 0 Å². The highest BCUT2D eigenvalue weighted by Crippen LogP contribution is 2.58. The fraction of sp³-hybridized carbons (Fsp3) is 0.450. The molecule has 1 fully saturated rings. The van der Waals surface area contributed by atoms with E-state index in [4.69, 9.17) is 0 Å². The molecule has 1 unspecified atom stereocenters. The van der Waals surface area contributed by atoms with Gasteiger partial charge in [0.1, 0.15) is 11.6 Å². The first-order valence-electron chi connectivity index (χ1n) is 9.35. The second kappa shape index (κ2) is 6.44. The van der Waals surface area contributed by atoms with Crippen LogP contribution in [0.4, 0.5) is 26.1 Å². The number of pyridine rings is 1. The van der Waals surface area contributed by atoms with Crippen LogP contribution in [0.25, 0.3) is 0 Å². The number of nitrogens with zero attached hydrogens (tertiary/aromatic N) is 5. The lowest BCUT2D eigenvalue weighted by Gasteiger charge is -2.22. The fourth-order valence-electron chi connectivity index (χ4n) is 3.66. The maximum absolute atomic E-state index is 14.1. The minimum atomic E-state index is -3.24. The molecule has 7 nitrogen and oxygen atoms in total. The zero-order valence-corrected chi connectivity index (χ0v) is 16.3. The molecule has 0 radical (unpaired) electrons. The first-order valence-corrected chi connectivity index (χ1v) is 9.35. The van der Waals surface area contributed by atoms with Crippen LogP contribution in [0.1, 0.15) is 56.6 Å². The lowest BCUT2D eigenvalue weighted by Crippen LogP contribution is -2.23. The van der Waals surface area contributed by atoms with Gasteiger partial charge in [-0.05, 0) is 19.8 Å². The van der Waals surface area contributed by atoms with Gasteiger partial charge in [0.15, 0.2) is 0 Å². The van der Waals surface area contributed by atoms with Crippen LogP contribution in [-0.4, -0.2) is 27.4 Å². The van der Waals surface area contributed by atoms with Crippen molar-refractivity contribution < 1.29 is 13.6 Å². The Balaban J connectivity index is 1.84. The van der Waals surface area contributed by atoms with Gasteiger partial charge in [-0.3, -0.25) is 4.79 Å². The summed E-state index contributed by atoms with van der Waals surface area (Å²) in [5.74, 6) is -4.04. The summed E-state index contributed by atoms with van der Waals surface area (Å²) < 4.78 is 28.1. The first-order chi connectivity index (χ1) is 13.6. The normalized spacial score (nSPS) is 17.6. The predicted octanol–water partition coefficient (Wildman–Crippen LogP) is 3.75. The Bertz CT molecular complexity index is 1040. The predicted molar refractivity (Wildman–Crippen MR) is 102 cm³/mol. The molecule has 0 saturated heterocycles. The summed E-state index contributed by atoms with van der Waals surface area (Å²) in [4.78, 5) is 25.7. The van der Waals surface area contributed by atoms with E-state index < -0.39 is 17.7 Å². The van der Waals surface area contributed by atoms with E-state index in [0.29, 0.717) is 18.2 Å². The van der Waals surface area contributed by atoms with Crippen LogP contribution in [0.5, 0.6) is 0 Å². The Morgan fingerprint density at radius 1 is 1.38 bits per heavy atom. The molecule has 1 amide bonds. The minimum Gasteiger partial charge on any atom is -0.325 e. The maximum atomic E-state index is 14.1. The van der Waals surface area contributed by atoms with Crippen LogP contribution in [0, 0.1) is 11.3 Å². The second-order valence-corrected chi connectivity index (χ2v) is 7.85. The largest absolute Gasteiger partial charge is 0.325 e. The number of halogens is 2. The highest BCUT2D eigenvalue weighted by atomic mass is 19.3. The smallest absolute Gasteiger partial charge is 0.303 e. The summed E-state index contributed by atoms with van der Waals surface area (Å²) in [6.07, 6.45) is 3.69. The van der Waals surface area contributed by atoms with E-state index in [-0.39, 0.29) is 17.0 Å². The molecule has 1 spiro atoms. The van der Waals surface area contributed by atoms with Crippen LogP contribution in [-0.2, 0) is 16.1 Å². The van der Waals surface area contributed by atoms with Crippen molar-refractivity contribution in [3.8, 4) is 6.07 Å². The Kier molecular flexibility index (Phi) is 4.26. The fourth-order valence-corrected chi connectivity index (χ4v) is 3.66. The van der Waals surface area contributed by atoms with Gasteiger partial charge in [0, 0.05) is 49.7 Å². The van der Waals surface area contributed by atoms with Crippen LogP contribution in [0.2, 0.25) is 0 Å². The topological polar surface area (TPSA) is 94.8 Å². The third-order valence-electron chi connectivity index (χ3n) is 5.40. The molecule has 1 aliphatic heterocycles. The Labute approximate surface area is 166 Å². The minimum absolute atomic E-state index is 0.0715. The number of amides is 1. The van der Waals surface area contributed by atoms with E-state index in [0.717, 1.165) is 31.0 Å². The van der Waals surface area contributed by atoms with E-state index in [2.05, 4.69) is 20.3 Å². The molecule has 3 heterocycles. The van der Waals surface area contributed by atoms with E-state index in [9.17, 15) is 18.8 Å². The van der Waals surface area contributed by atoms with Gasteiger partial charge in [0.25, 0.3) is 0 Å². The van der Waals surface area contributed by atoms with Gasteiger partial charge >= 0.3 is 5.92 Å². The molecular formula is C20H20F2N6O. The molecule has 1 atom stereocenters. The zero-order chi connectivity index (χ0) is 21.0. The average molecular weight is 398 g/mol. The molecule has 1 N–H and O–H groups in total. The molecule has 150 valence electrons. The standard InChI is InChI=1S/C20H20F2N6O/c1-11(8-23)14-6-17(27-18(26-14)19(3,21)22)28-10-20(4-5-20)13-9-24-16(7-15(13)28)25-12(2)29/h6-7,9,11H,4-5,10H2,1-3H3,(H,24,25,29). The van der Waals surface area contributed by atoms with E-state index >= 15 is 0 Å². The molecule has 4 rings (SSSR count). The van der Waals surface area contributed by atoms with Crippen LogP contribution in [0.3, 0.4) is 0 Å². The molecule has 1 saturated carbocycles. The van der Waals surface area contributed by atoms with E-state index in [1.807, 2.05) is 11.0 Å². The number of carbonyl (C=O) groups excluding carboxylic acids is 1. The molecular weight excluding hydrogens is 378 g/mol. The van der Waals surface area contributed by atoms with Crippen LogP contribution < -0.4 is 10.2 Å². The third-order valence-corrected chi connectivity index (χ3v) is 5.40. The summed E-state index contributed by atoms with van der Waals surface area (Å²) in [5.41, 5.74) is 1.98. The van der Waals surface area contributed by atoms with Gasteiger partial charge in [-0.15, -0.1) is 0 Å². The number of nitrogens with one attached hydrogen (secondary N) is 1. The number of anilines is 3. The highest BCUT2D eigenvalue weighted by Gasteiger charge is 2.52. The van der Waals surface area contributed by atoms with Crippen molar-refractivity contribution in [3.05, 3.63) is 35.4 Å². The lowest BCUT2D eigenvalue weighted by atomic mass is 10.0. The first kappa shape index (κ1) is 19.2. The summed E-state index contributed by atoms with van der Waals surface area (Å²) in [6, 6.07) is 5.37. The van der Waals surface area contributed by atoms with Crippen molar-refractivity contribution >= 4 is 23.2 Å². The Morgan fingerprint density at radius 2 is 2.10 bits per heavy atom. The van der Waals surface area contributed by atoms with Crippen LogP contribution >= 0.6 is 0 Å². The van der Waals surface area contributed by atoms with Crippen molar-refractivity contribution in [3.63, 3.8) is 0 Å². The van der Waals surface area contributed by atoms with Crippen molar-refractivity contribution in [1.82, 2.24) is 15.0 Å². The van der Waals surface area contributed by atoms with Gasteiger partial charge in [0.2, 0.25) is 11.7 Å². The Morgan fingerprint density at radius 3 is 2.69 bits per heavy atom. The van der Waals surface area contributed by atoms with E-state index in [1.54, 1.807) is 25.3 Å². The number of carbonyl (C=O) groups is 1. The van der Waals surface area contributed by atoms with Gasteiger partial charge < -0.3 is 10.2 Å². The SMILES string of the molecule is CC(=O)Nc1cc2c(cn1)C1(CC1)CN2c1cc(C(C)C#N)nc(C(C)(F)F)n1. The molecule has 29 heavy (non-hydrogen) atoms. The van der Waals surface area contributed by atoms with Gasteiger partial charge in [0.05, 0.1) is 23.4 Å². The molecule has 9 heteroatoms. The van der Waals surface area contributed by atoms with Crippen molar-refractivity contribution in [1.29, 1.82) is 5.26 Å². The van der Waals surface area contributed by atoms with Gasteiger partial charge in [-0.2, -0.15) is 14.0 Å². The quantitative estimate of drug-likeness (QED) is 0.843.